The molecular formula is C20H21F2NO4. The topological polar surface area (TPSA) is 70.8 Å². The van der Waals surface area contributed by atoms with Crippen LogP contribution in [0.1, 0.15) is 17.5 Å². The molecule has 2 N–H and O–H groups in total. The molecule has 1 unspecified atom stereocenters. The molecule has 0 aliphatic rings. The van der Waals surface area contributed by atoms with Gasteiger partial charge in [-0.1, -0.05) is 12.1 Å². The zero-order valence-electron chi connectivity index (χ0n) is 15.3. The zero-order chi connectivity index (χ0) is 20.0. The summed E-state index contributed by atoms with van der Waals surface area (Å²) in [7, 11) is 4.22. The summed E-state index contributed by atoms with van der Waals surface area (Å²) < 4.78 is 42.8. The average Bonchev–Trinajstić information content (AvgIpc) is 2.68. The quantitative estimate of drug-likeness (QED) is 0.750. The highest BCUT2D eigenvalue weighted by molar-refractivity contribution is 5.82. The van der Waals surface area contributed by atoms with E-state index in [9.17, 15) is 13.6 Å². The summed E-state index contributed by atoms with van der Waals surface area (Å²) >= 11 is 0. The Morgan fingerprint density at radius 1 is 1.07 bits per heavy atom. The van der Waals surface area contributed by atoms with Crippen LogP contribution in [0.25, 0.3) is 5.57 Å². The molecule has 2 aromatic carbocycles. The Labute approximate surface area is 156 Å². The van der Waals surface area contributed by atoms with Gasteiger partial charge >= 0.3 is 5.97 Å². The highest BCUT2D eigenvalue weighted by Crippen LogP contribution is 2.34. The maximum atomic E-state index is 14.4. The van der Waals surface area contributed by atoms with Gasteiger partial charge in [-0.05, 0) is 41.8 Å². The van der Waals surface area contributed by atoms with Gasteiger partial charge in [-0.15, -0.1) is 0 Å². The Morgan fingerprint density at radius 2 is 1.78 bits per heavy atom. The first-order valence-electron chi connectivity index (χ1n) is 8.12. The summed E-state index contributed by atoms with van der Waals surface area (Å²) in [5.41, 5.74) is 6.98. The summed E-state index contributed by atoms with van der Waals surface area (Å²) in [6, 6.07) is 7.42. The molecule has 0 heterocycles. The van der Waals surface area contributed by atoms with Gasteiger partial charge in [0.05, 0.1) is 21.3 Å². The molecule has 2 aromatic rings. The van der Waals surface area contributed by atoms with Gasteiger partial charge in [-0.2, -0.15) is 0 Å². The third-order valence-electron chi connectivity index (χ3n) is 4.00. The second-order valence-corrected chi connectivity index (χ2v) is 5.68. The molecule has 0 spiro atoms. The molecule has 0 saturated heterocycles. The predicted molar refractivity (Wildman–Crippen MR) is 97.6 cm³/mol. The lowest BCUT2D eigenvalue weighted by molar-refractivity contribution is -0.142. The maximum Gasteiger partial charge on any atom is 0.322 e. The summed E-state index contributed by atoms with van der Waals surface area (Å²) in [6.07, 6.45) is 1.71. The number of ether oxygens (including phenoxy) is 3. The van der Waals surface area contributed by atoms with Crippen molar-refractivity contribution in [2.24, 2.45) is 5.73 Å². The number of nitrogens with two attached hydrogens (primary N) is 1. The van der Waals surface area contributed by atoms with Crippen molar-refractivity contribution in [1.29, 1.82) is 0 Å². The van der Waals surface area contributed by atoms with E-state index in [0.29, 0.717) is 22.6 Å². The van der Waals surface area contributed by atoms with E-state index in [1.807, 2.05) is 0 Å². The first-order valence-corrected chi connectivity index (χ1v) is 8.12. The van der Waals surface area contributed by atoms with Gasteiger partial charge in [-0.25, -0.2) is 8.78 Å². The molecule has 5 nitrogen and oxygen atoms in total. The Kier molecular flexibility index (Phi) is 6.90. The number of carbonyl (C=O) groups is 1. The molecular weight excluding hydrogens is 356 g/mol. The molecule has 1 atom stereocenters. The Balaban J connectivity index is 2.54. The summed E-state index contributed by atoms with van der Waals surface area (Å²) in [6.45, 7) is 0. The summed E-state index contributed by atoms with van der Waals surface area (Å²) in [4.78, 5) is 11.6. The standard InChI is InChI=1S/C20H21F2NO4/c1-25-18-9-4-12(10-19(18)26-2)14(7-8-17(23)20(24)27-3)15-6-5-13(21)11-16(15)22/h4-7,9-11,17H,8,23H2,1-3H3/b14-7+. The fraction of sp³-hybridized carbons (Fsp3) is 0.250. The lowest BCUT2D eigenvalue weighted by atomic mass is 9.95. The van der Waals surface area contributed by atoms with Crippen LogP contribution >= 0.6 is 0 Å². The molecule has 7 heteroatoms. The largest absolute Gasteiger partial charge is 0.493 e. The number of methoxy groups -OCH3 is 3. The van der Waals surface area contributed by atoms with Crippen LogP contribution < -0.4 is 15.2 Å². The second-order valence-electron chi connectivity index (χ2n) is 5.68. The van der Waals surface area contributed by atoms with Gasteiger partial charge in [0.25, 0.3) is 0 Å². The van der Waals surface area contributed by atoms with E-state index in [2.05, 4.69) is 4.74 Å². The van der Waals surface area contributed by atoms with Crippen LogP contribution in [0.4, 0.5) is 8.78 Å². The molecule has 2 rings (SSSR count). The first kappa shape index (κ1) is 20.4. The van der Waals surface area contributed by atoms with Crippen LogP contribution in [-0.4, -0.2) is 33.3 Å². The Hall–Kier alpha value is -2.93. The minimum atomic E-state index is -0.909. The second kappa shape index (κ2) is 9.14. The van der Waals surface area contributed by atoms with Crippen molar-refractivity contribution in [3.8, 4) is 11.5 Å². The van der Waals surface area contributed by atoms with Crippen LogP contribution in [0, 0.1) is 11.6 Å². The van der Waals surface area contributed by atoms with E-state index in [0.717, 1.165) is 12.1 Å². The number of carbonyl (C=O) groups excluding carboxylic acids is 1. The molecule has 0 aromatic heterocycles. The van der Waals surface area contributed by atoms with Gasteiger partial charge in [0.1, 0.15) is 17.7 Å². The number of hydrogen-bond donors (Lipinski definition) is 1. The molecule has 0 aliphatic carbocycles. The van der Waals surface area contributed by atoms with Crippen molar-refractivity contribution in [2.45, 2.75) is 12.5 Å². The number of benzene rings is 2. The lowest BCUT2D eigenvalue weighted by Gasteiger charge is -2.14. The number of rotatable bonds is 7. The van der Waals surface area contributed by atoms with Crippen LogP contribution in [-0.2, 0) is 9.53 Å². The first-order chi connectivity index (χ1) is 12.9. The number of hydrogen-bond acceptors (Lipinski definition) is 5. The molecule has 0 bridgehead atoms. The molecule has 0 fully saturated rings. The van der Waals surface area contributed by atoms with Crippen LogP contribution in [0.15, 0.2) is 42.5 Å². The van der Waals surface area contributed by atoms with E-state index in [1.54, 1.807) is 24.3 Å². The fourth-order valence-electron chi connectivity index (χ4n) is 2.59. The minimum absolute atomic E-state index is 0.104. The normalized spacial score (nSPS) is 12.4. The van der Waals surface area contributed by atoms with E-state index in [-0.39, 0.29) is 12.0 Å². The predicted octanol–water partition coefficient (Wildman–Crippen LogP) is 3.30. The van der Waals surface area contributed by atoms with Crippen LogP contribution in [0.3, 0.4) is 0 Å². The summed E-state index contributed by atoms with van der Waals surface area (Å²) in [5, 5.41) is 0. The van der Waals surface area contributed by atoms with Crippen LogP contribution in [0.2, 0.25) is 0 Å². The molecule has 0 amide bonds. The highest BCUT2D eigenvalue weighted by Gasteiger charge is 2.17. The minimum Gasteiger partial charge on any atom is -0.493 e. The third-order valence-corrected chi connectivity index (χ3v) is 4.00. The van der Waals surface area contributed by atoms with E-state index in [1.165, 1.54) is 27.4 Å². The fourth-order valence-corrected chi connectivity index (χ4v) is 2.59. The van der Waals surface area contributed by atoms with Crippen molar-refractivity contribution >= 4 is 11.5 Å². The molecule has 27 heavy (non-hydrogen) atoms. The molecule has 0 radical (unpaired) electrons. The molecule has 144 valence electrons. The Morgan fingerprint density at radius 3 is 2.37 bits per heavy atom. The lowest BCUT2D eigenvalue weighted by Crippen LogP contribution is -2.30. The van der Waals surface area contributed by atoms with E-state index in [4.69, 9.17) is 15.2 Å². The van der Waals surface area contributed by atoms with Crippen molar-refractivity contribution in [2.75, 3.05) is 21.3 Å². The Bertz CT molecular complexity index is 852. The summed E-state index contributed by atoms with van der Waals surface area (Å²) in [5.74, 6) is -1.05. The monoisotopic (exact) mass is 377 g/mol. The van der Waals surface area contributed by atoms with Crippen molar-refractivity contribution in [1.82, 2.24) is 0 Å². The van der Waals surface area contributed by atoms with Crippen LogP contribution in [0.5, 0.6) is 11.5 Å². The van der Waals surface area contributed by atoms with Gasteiger partial charge in [0.15, 0.2) is 11.5 Å². The zero-order valence-corrected chi connectivity index (χ0v) is 15.3. The highest BCUT2D eigenvalue weighted by atomic mass is 19.1. The van der Waals surface area contributed by atoms with Crippen molar-refractivity contribution in [3.63, 3.8) is 0 Å². The third kappa shape index (κ3) is 4.83. The van der Waals surface area contributed by atoms with Gasteiger partial charge < -0.3 is 19.9 Å². The van der Waals surface area contributed by atoms with E-state index < -0.39 is 23.6 Å². The van der Waals surface area contributed by atoms with Gasteiger partial charge in [-0.3, -0.25) is 4.79 Å². The van der Waals surface area contributed by atoms with Crippen molar-refractivity contribution in [3.05, 3.63) is 65.2 Å². The molecule has 0 aliphatic heterocycles. The number of esters is 1. The SMILES string of the molecule is COC(=O)C(N)C/C=C(\c1ccc(OC)c(OC)c1)c1ccc(F)cc1F. The smallest absolute Gasteiger partial charge is 0.322 e. The van der Waals surface area contributed by atoms with E-state index >= 15 is 0 Å². The van der Waals surface area contributed by atoms with Gasteiger partial charge in [0, 0.05) is 11.6 Å². The number of halogens is 2. The molecule has 0 saturated carbocycles. The average molecular weight is 377 g/mol. The van der Waals surface area contributed by atoms with Gasteiger partial charge in [0.2, 0.25) is 0 Å². The van der Waals surface area contributed by atoms with Crippen molar-refractivity contribution < 1.29 is 27.8 Å². The maximum absolute atomic E-state index is 14.4.